The van der Waals surface area contributed by atoms with Crippen LogP contribution in [0.4, 0.5) is 0 Å². The summed E-state index contributed by atoms with van der Waals surface area (Å²) in [5.74, 6) is -0.957. The Balaban J connectivity index is 2.11. The van der Waals surface area contributed by atoms with Crippen LogP contribution in [0.5, 0.6) is 0 Å². The van der Waals surface area contributed by atoms with Crippen molar-refractivity contribution in [2.24, 2.45) is 17.8 Å². The molecule has 1 saturated heterocycles. The van der Waals surface area contributed by atoms with E-state index in [1.807, 2.05) is 13.8 Å². The van der Waals surface area contributed by atoms with E-state index in [-0.39, 0.29) is 29.5 Å². The number of ketones is 1. The van der Waals surface area contributed by atoms with Gasteiger partial charge in [-0.1, -0.05) is 18.1 Å². The molecular weight excluding hydrogens is 244 g/mol. The van der Waals surface area contributed by atoms with Crippen LogP contribution in [-0.4, -0.2) is 29.1 Å². The normalized spacial score (nSPS) is 41.7. The second kappa shape index (κ2) is 4.04. The molecule has 1 fully saturated rings. The van der Waals surface area contributed by atoms with Crippen LogP contribution in [0.15, 0.2) is 22.8 Å². The van der Waals surface area contributed by atoms with Gasteiger partial charge >= 0.3 is 5.97 Å². The summed E-state index contributed by atoms with van der Waals surface area (Å²) in [5, 5.41) is 10.3. The lowest BCUT2D eigenvalue weighted by atomic mass is 9.80. The molecule has 0 aromatic carbocycles. The van der Waals surface area contributed by atoms with Gasteiger partial charge in [-0.05, 0) is 26.3 Å². The highest BCUT2D eigenvalue weighted by Crippen LogP contribution is 2.47. The predicted octanol–water partition coefficient (Wildman–Crippen LogP) is 1.39. The zero-order chi connectivity index (χ0) is 13.9. The third-order valence-corrected chi connectivity index (χ3v) is 4.75. The summed E-state index contributed by atoms with van der Waals surface area (Å²) >= 11 is 0. The number of carbonyl (C=O) groups is 2. The average Bonchev–Trinajstić information content (AvgIpc) is 2.72. The first-order valence-electron chi connectivity index (χ1n) is 6.72. The Morgan fingerprint density at radius 1 is 1.32 bits per heavy atom. The number of carbonyl (C=O) groups excluding carboxylic acids is 2. The van der Waals surface area contributed by atoms with Crippen molar-refractivity contribution in [1.29, 1.82) is 0 Å². The minimum atomic E-state index is -0.620. The maximum Gasteiger partial charge on any atom is 0.309 e. The summed E-state index contributed by atoms with van der Waals surface area (Å²) < 4.78 is 5.48. The van der Waals surface area contributed by atoms with Crippen molar-refractivity contribution in [2.75, 3.05) is 0 Å². The van der Waals surface area contributed by atoms with Gasteiger partial charge in [0, 0.05) is 17.4 Å². The van der Waals surface area contributed by atoms with Crippen molar-refractivity contribution in [3.63, 3.8) is 0 Å². The summed E-state index contributed by atoms with van der Waals surface area (Å²) in [5.41, 5.74) is 2.59. The Morgan fingerprint density at radius 2 is 2.00 bits per heavy atom. The molecule has 102 valence electrons. The third kappa shape index (κ3) is 1.62. The molecule has 4 heteroatoms. The van der Waals surface area contributed by atoms with Gasteiger partial charge in [0.05, 0.1) is 12.0 Å². The van der Waals surface area contributed by atoms with E-state index in [0.717, 1.165) is 16.7 Å². The molecule has 3 rings (SSSR count). The molecule has 19 heavy (non-hydrogen) atoms. The summed E-state index contributed by atoms with van der Waals surface area (Å²) in [7, 11) is 0. The molecule has 0 aromatic heterocycles. The Labute approximate surface area is 112 Å². The number of rotatable bonds is 0. The lowest BCUT2D eigenvalue weighted by Crippen LogP contribution is -2.35. The Kier molecular flexibility index (Phi) is 2.68. The lowest BCUT2D eigenvalue weighted by Gasteiger charge is -2.26. The van der Waals surface area contributed by atoms with E-state index < -0.39 is 12.2 Å². The molecule has 1 aliphatic heterocycles. The van der Waals surface area contributed by atoms with E-state index >= 15 is 0 Å². The van der Waals surface area contributed by atoms with Crippen molar-refractivity contribution in [3.8, 4) is 0 Å². The average molecular weight is 262 g/mol. The van der Waals surface area contributed by atoms with Gasteiger partial charge in [-0.25, -0.2) is 0 Å². The molecule has 0 bridgehead atoms. The van der Waals surface area contributed by atoms with Gasteiger partial charge in [-0.2, -0.15) is 0 Å². The lowest BCUT2D eigenvalue weighted by molar-refractivity contribution is -0.144. The molecular formula is C15H18O4. The Bertz CT molecular complexity index is 528. The fourth-order valence-electron chi connectivity index (χ4n) is 3.82. The largest absolute Gasteiger partial charge is 0.461 e. The highest BCUT2D eigenvalue weighted by molar-refractivity contribution is 6.09. The van der Waals surface area contributed by atoms with Crippen LogP contribution in [0.25, 0.3) is 0 Å². The van der Waals surface area contributed by atoms with E-state index in [4.69, 9.17) is 4.74 Å². The number of aliphatic hydroxyl groups excluding tert-OH is 1. The molecule has 2 aliphatic carbocycles. The molecule has 0 aromatic rings. The summed E-state index contributed by atoms with van der Waals surface area (Å²) in [6.07, 6.45) is 1.06. The Hall–Kier alpha value is -1.42. The second-order valence-corrected chi connectivity index (χ2v) is 5.96. The van der Waals surface area contributed by atoms with Gasteiger partial charge < -0.3 is 9.84 Å². The number of esters is 1. The number of hydrogen-bond donors (Lipinski definition) is 1. The van der Waals surface area contributed by atoms with Crippen molar-refractivity contribution in [3.05, 3.63) is 22.8 Å². The molecule has 0 saturated carbocycles. The molecule has 0 amide bonds. The van der Waals surface area contributed by atoms with Crippen LogP contribution in [-0.2, 0) is 14.3 Å². The number of fused-ring (bicyclic) bond motifs is 3. The van der Waals surface area contributed by atoms with Gasteiger partial charge in [0.2, 0.25) is 0 Å². The van der Waals surface area contributed by atoms with Crippen LogP contribution < -0.4 is 0 Å². The second-order valence-electron chi connectivity index (χ2n) is 5.96. The zero-order valence-electron chi connectivity index (χ0n) is 11.3. The van der Waals surface area contributed by atoms with Crippen molar-refractivity contribution >= 4 is 11.8 Å². The summed E-state index contributed by atoms with van der Waals surface area (Å²) in [6, 6.07) is 0. The number of allylic oxidation sites excluding steroid dienone is 1. The van der Waals surface area contributed by atoms with Gasteiger partial charge in [-0.15, -0.1) is 0 Å². The SMILES string of the molecule is CC1=CC(=O)C2=C(C)C[C@@H](O)[C@H]3[C@@H](OC(=O)[C@H]3C)[C@@H]12. The number of aliphatic hydroxyl groups is 1. The van der Waals surface area contributed by atoms with E-state index in [1.54, 1.807) is 13.0 Å². The Morgan fingerprint density at radius 3 is 2.68 bits per heavy atom. The van der Waals surface area contributed by atoms with Crippen LogP contribution in [0.1, 0.15) is 27.2 Å². The van der Waals surface area contributed by atoms with Crippen LogP contribution in [0, 0.1) is 17.8 Å². The van der Waals surface area contributed by atoms with Gasteiger partial charge in [0.15, 0.2) is 5.78 Å². The molecule has 4 nitrogen and oxygen atoms in total. The van der Waals surface area contributed by atoms with E-state index in [0.29, 0.717) is 6.42 Å². The molecule has 0 spiro atoms. The monoisotopic (exact) mass is 262 g/mol. The standard InChI is InChI=1S/C15H18O4/c1-6-4-10(17)13-8(3)15(18)19-14(13)12-7(2)5-9(16)11(6)12/h5,8,10,12-14,17H,4H2,1-3H3/t8-,10+,12-,13-,14-/m0/s1. The molecule has 1 heterocycles. The minimum absolute atomic E-state index is 0.00320. The number of hydrogen-bond acceptors (Lipinski definition) is 4. The summed E-state index contributed by atoms with van der Waals surface area (Å²) in [4.78, 5) is 23.9. The first-order valence-corrected chi connectivity index (χ1v) is 6.72. The number of ether oxygens (including phenoxy) is 1. The zero-order valence-corrected chi connectivity index (χ0v) is 11.3. The van der Waals surface area contributed by atoms with Gasteiger partial charge in [0.1, 0.15) is 6.10 Å². The fourth-order valence-corrected chi connectivity index (χ4v) is 3.82. The van der Waals surface area contributed by atoms with Gasteiger partial charge in [-0.3, -0.25) is 9.59 Å². The highest BCUT2D eigenvalue weighted by Gasteiger charge is 2.53. The van der Waals surface area contributed by atoms with Crippen LogP contribution in [0.2, 0.25) is 0 Å². The van der Waals surface area contributed by atoms with E-state index in [2.05, 4.69) is 0 Å². The van der Waals surface area contributed by atoms with Crippen molar-refractivity contribution < 1.29 is 19.4 Å². The first kappa shape index (κ1) is 12.6. The predicted molar refractivity (Wildman–Crippen MR) is 68.1 cm³/mol. The molecule has 0 radical (unpaired) electrons. The van der Waals surface area contributed by atoms with Crippen molar-refractivity contribution in [1.82, 2.24) is 0 Å². The molecule has 1 N–H and O–H groups in total. The molecule has 5 atom stereocenters. The molecule has 0 unspecified atom stereocenters. The third-order valence-electron chi connectivity index (χ3n) is 4.75. The van der Waals surface area contributed by atoms with Crippen LogP contribution in [0.3, 0.4) is 0 Å². The van der Waals surface area contributed by atoms with Crippen LogP contribution >= 0.6 is 0 Å². The maximum absolute atomic E-state index is 12.1. The summed E-state index contributed by atoms with van der Waals surface area (Å²) in [6.45, 7) is 5.59. The smallest absolute Gasteiger partial charge is 0.309 e. The fraction of sp³-hybridized carbons (Fsp3) is 0.600. The quantitative estimate of drug-likeness (QED) is 0.670. The minimum Gasteiger partial charge on any atom is -0.461 e. The maximum atomic E-state index is 12.1. The van der Waals surface area contributed by atoms with Crippen molar-refractivity contribution in [2.45, 2.75) is 39.4 Å². The van der Waals surface area contributed by atoms with E-state index in [1.165, 1.54) is 0 Å². The first-order chi connectivity index (χ1) is 8.91. The topological polar surface area (TPSA) is 63.6 Å². The van der Waals surface area contributed by atoms with Gasteiger partial charge in [0.25, 0.3) is 0 Å². The molecule has 3 aliphatic rings. The highest BCUT2D eigenvalue weighted by atomic mass is 16.6. The van der Waals surface area contributed by atoms with E-state index in [9.17, 15) is 14.7 Å².